The van der Waals surface area contributed by atoms with Gasteiger partial charge in [-0.15, -0.1) is 0 Å². The van der Waals surface area contributed by atoms with Crippen LogP contribution < -0.4 is 26.8 Å². The van der Waals surface area contributed by atoms with Gasteiger partial charge in [-0.3, -0.25) is 0 Å². The molecule has 0 saturated carbocycles. The van der Waals surface area contributed by atoms with Crippen LogP contribution in [0.15, 0.2) is 175 Å². The molecule has 0 aromatic heterocycles. The molecule has 0 spiro atoms. The highest BCUT2D eigenvalue weighted by Crippen LogP contribution is 2.46. The molecule has 6 aliphatic rings. The summed E-state index contributed by atoms with van der Waals surface area (Å²) in [6.07, 6.45) is 43.2. The Morgan fingerprint density at radius 2 is 1.62 bits per heavy atom. The maximum absolute atomic E-state index is 7.01. The molecule has 3 aromatic rings. The minimum Gasteiger partial charge on any atom is -0.384 e. The van der Waals surface area contributed by atoms with Gasteiger partial charge in [0.2, 0.25) is 0 Å². The Kier molecular flexibility index (Phi) is 10.4. The van der Waals surface area contributed by atoms with Crippen LogP contribution in [0.3, 0.4) is 0 Å². The standard InChI is InChI=1S/C52H53N3/c53-49(34-51(41-16-5-2-6-17-41)54-35-36-23-25-38(26-24-36)37-13-3-1-4-14-37)40-27-30-43(31-28-40)55-50-22-12-11-21-46(50)48-33-42-18-8-9-19-44(42)47-32-29-39-15-7-10-20-45(39)52(47)48/h1-3,5-12,15-23,25-27,29-34,36-37,40,46,48-50,52,54-55H,4,13-14,24,28,35,53H2/b51-34-. The number of nitrogens with one attached hydrogen (secondary N) is 2. The normalized spacial score (nSPS) is 28.3. The molecule has 6 aliphatic carbocycles. The van der Waals surface area contributed by atoms with Gasteiger partial charge in [0.05, 0.1) is 6.04 Å². The summed E-state index contributed by atoms with van der Waals surface area (Å²) in [5.41, 5.74) is 16.2. The van der Waals surface area contributed by atoms with Crippen LogP contribution in [0.1, 0.15) is 54.7 Å². The Labute approximate surface area is 327 Å². The van der Waals surface area contributed by atoms with E-state index in [9.17, 15) is 0 Å². The van der Waals surface area contributed by atoms with E-state index in [0.717, 1.165) is 25.1 Å². The van der Waals surface area contributed by atoms with Gasteiger partial charge in [-0.2, -0.15) is 0 Å². The summed E-state index contributed by atoms with van der Waals surface area (Å²) in [6.45, 7) is 0.892. The number of fused-ring (bicyclic) bond motifs is 4. The monoisotopic (exact) mass is 719 g/mol. The summed E-state index contributed by atoms with van der Waals surface area (Å²) < 4.78 is 0. The summed E-state index contributed by atoms with van der Waals surface area (Å²) >= 11 is 0. The molecule has 4 N–H and O–H groups in total. The zero-order chi connectivity index (χ0) is 37.0. The summed E-state index contributed by atoms with van der Waals surface area (Å²) in [4.78, 5) is 0. The fourth-order valence-corrected chi connectivity index (χ4v) is 9.63. The van der Waals surface area contributed by atoms with Gasteiger partial charge in [0.25, 0.3) is 0 Å². The van der Waals surface area contributed by atoms with Crippen molar-refractivity contribution >= 4 is 23.4 Å². The molecule has 0 heterocycles. The van der Waals surface area contributed by atoms with E-state index in [4.69, 9.17) is 5.73 Å². The molecule has 3 aromatic carbocycles. The van der Waals surface area contributed by atoms with Crippen LogP contribution in [-0.4, -0.2) is 18.6 Å². The molecule has 0 fully saturated rings. The molecule has 9 rings (SSSR count). The van der Waals surface area contributed by atoms with Crippen molar-refractivity contribution in [3.8, 4) is 0 Å². The second kappa shape index (κ2) is 16.2. The minimum atomic E-state index is -0.111. The number of allylic oxidation sites excluding steroid dienone is 10. The number of nitrogens with two attached hydrogens (primary N) is 1. The Morgan fingerprint density at radius 3 is 2.45 bits per heavy atom. The Hall–Kier alpha value is -5.38. The lowest BCUT2D eigenvalue weighted by Crippen LogP contribution is -2.44. The summed E-state index contributed by atoms with van der Waals surface area (Å²) in [6, 6.07) is 28.6. The lowest BCUT2D eigenvalue weighted by molar-refractivity contribution is 0.392. The van der Waals surface area contributed by atoms with Gasteiger partial charge in [0.15, 0.2) is 0 Å². The maximum Gasteiger partial charge on any atom is 0.0516 e. The molecular weight excluding hydrogens is 667 g/mol. The van der Waals surface area contributed by atoms with Crippen LogP contribution in [0.4, 0.5) is 0 Å². The van der Waals surface area contributed by atoms with E-state index in [1.807, 2.05) is 0 Å². The topological polar surface area (TPSA) is 50.1 Å². The predicted molar refractivity (Wildman–Crippen MR) is 232 cm³/mol. The summed E-state index contributed by atoms with van der Waals surface area (Å²) in [5, 5.41) is 10.5. The lowest BCUT2D eigenvalue weighted by Gasteiger charge is -2.40. The first-order chi connectivity index (χ1) is 27.2. The van der Waals surface area contributed by atoms with Gasteiger partial charge in [-0.25, -0.2) is 0 Å². The molecule has 276 valence electrons. The van der Waals surface area contributed by atoms with Gasteiger partial charge in [0.1, 0.15) is 0 Å². The number of rotatable bonds is 10. The smallest absolute Gasteiger partial charge is 0.0516 e. The molecule has 8 atom stereocenters. The summed E-state index contributed by atoms with van der Waals surface area (Å²) in [7, 11) is 0. The second-order valence-corrected chi connectivity index (χ2v) is 16.1. The van der Waals surface area contributed by atoms with Gasteiger partial charge in [-0.1, -0.05) is 164 Å². The Balaban J connectivity index is 0.881. The molecule has 0 amide bonds. The van der Waals surface area contributed by atoms with E-state index in [-0.39, 0.29) is 18.0 Å². The average molecular weight is 720 g/mol. The highest BCUT2D eigenvalue weighted by Gasteiger charge is 2.38. The van der Waals surface area contributed by atoms with E-state index in [1.54, 1.807) is 0 Å². The van der Waals surface area contributed by atoms with Crippen molar-refractivity contribution in [3.63, 3.8) is 0 Å². The fourth-order valence-electron chi connectivity index (χ4n) is 9.63. The molecule has 0 bridgehead atoms. The van der Waals surface area contributed by atoms with Crippen molar-refractivity contribution in [2.75, 3.05) is 6.54 Å². The molecule has 0 saturated heterocycles. The van der Waals surface area contributed by atoms with Crippen molar-refractivity contribution in [3.05, 3.63) is 202 Å². The molecular formula is C52H53N3. The van der Waals surface area contributed by atoms with E-state index >= 15 is 0 Å². The van der Waals surface area contributed by atoms with Crippen molar-refractivity contribution in [2.45, 2.75) is 50.1 Å². The first-order valence-electron chi connectivity index (χ1n) is 20.6. The van der Waals surface area contributed by atoms with Crippen molar-refractivity contribution in [2.24, 2.45) is 35.3 Å². The third-order valence-corrected chi connectivity index (χ3v) is 12.7. The molecule has 3 nitrogen and oxygen atoms in total. The largest absolute Gasteiger partial charge is 0.384 e. The predicted octanol–water partition coefficient (Wildman–Crippen LogP) is 9.04. The molecule has 3 heteroatoms. The van der Waals surface area contributed by atoms with Crippen molar-refractivity contribution < 1.29 is 0 Å². The molecule has 8 unspecified atom stereocenters. The first-order valence-corrected chi connectivity index (χ1v) is 20.6. The van der Waals surface area contributed by atoms with E-state index in [0.29, 0.717) is 29.6 Å². The van der Waals surface area contributed by atoms with Crippen LogP contribution in [-0.2, 0) is 0 Å². The van der Waals surface area contributed by atoms with Crippen LogP contribution in [0.25, 0.3) is 23.4 Å². The maximum atomic E-state index is 7.01. The number of benzene rings is 3. The van der Waals surface area contributed by atoms with Gasteiger partial charge >= 0.3 is 0 Å². The zero-order valence-corrected chi connectivity index (χ0v) is 31.7. The van der Waals surface area contributed by atoms with E-state index < -0.39 is 0 Å². The summed E-state index contributed by atoms with van der Waals surface area (Å²) in [5.74, 6) is 2.29. The Bertz CT molecular complexity index is 2290. The van der Waals surface area contributed by atoms with Crippen LogP contribution in [0.5, 0.6) is 0 Å². The minimum absolute atomic E-state index is 0.111. The fraction of sp³-hybridized carbons (Fsp3) is 0.269. The van der Waals surface area contributed by atoms with Gasteiger partial charge in [0, 0.05) is 35.8 Å². The SMILES string of the molecule is NC(/C=C(\NCC1C=CC(C2CC=CCC2)=CC1)c1ccccc1)C1C=CC(NC2C=CC=CC2C2C=c3ccccc3=C3C=Cc4ccccc4C32)=CC1. The first kappa shape index (κ1) is 35.3. The third kappa shape index (κ3) is 7.64. The number of hydrogen-bond acceptors (Lipinski definition) is 3. The Morgan fingerprint density at radius 1 is 0.764 bits per heavy atom. The highest BCUT2D eigenvalue weighted by atomic mass is 14.9. The van der Waals surface area contributed by atoms with Crippen LogP contribution >= 0.6 is 0 Å². The van der Waals surface area contributed by atoms with Crippen LogP contribution in [0, 0.1) is 29.6 Å². The highest BCUT2D eigenvalue weighted by molar-refractivity contribution is 5.81. The van der Waals surface area contributed by atoms with Gasteiger partial charge in [-0.05, 0) is 106 Å². The molecule has 55 heavy (non-hydrogen) atoms. The third-order valence-electron chi connectivity index (χ3n) is 12.7. The number of hydrogen-bond donors (Lipinski definition) is 3. The molecule has 0 radical (unpaired) electrons. The molecule has 0 aliphatic heterocycles. The van der Waals surface area contributed by atoms with E-state index in [1.165, 1.54) is 63.2 Å². The van der Waals surface area contributed by atoms with Gasteiger partial charge < -0.3 is 16.4 Å². The van der Waals surface area contributed by atoms with Crippen molar-refractivity contribution in [1.82, 2.24) is 10.6 Å². The van der Waals surface area contributed by atoms with Crippen LogP contribution in [0.2, 0.25) is 0 Å². The van der Waals surface area contributed by atoms with Crippen molar-refractivity contribution in [1.29, 1.82) is 0 Å². The quantitative estimate of drug-likeness (QED) is 0.184. The lowest BCUT2D eigenvalue weighted by atomic mass is 9.66. The second-order valence-electron chi connectivity index (χ2n) is 16.1. The average Bonchev–Trinajstić information content (AvgIpc) is 3.26. The van der Waals surface area contributed by atoms with E-state index in [2.05, 4.69) is 187 Å². The zero-order valence-electron chi connectivity index (χ0n) is 31.7.